The lowest BCUT2D eigenvalue weighted by Gasteiger charge is -2.27. The summed E-state index contributed by atoms with van der Waals surface area (Å²) < 4.78 is 7.63. The fraction of sp³-hybridized carbons (Fsp3) is 0.733. The van der Waals surface area contributed by atoms with Crippen LogP contribution in [0.25, 0.3) is 0 Å². The third-order valence-corrected chi connectivity index (χ3v) is 3.59. The zero-order chi connectivity index (χ0) is 14.8. The van der Waals surface area contributed by atoms with Gasteiger partial charge in [-0.2, -0.15) is 0 Å². The van der Waals surface area contributed by atoms with Crippen LogP contribution in [0.1, 0.15) is 39.4 Å². The second-order valence-electron chi connectivity index (χ2n) is 6.40. The first-order chi connectivity index (χ1) is 9.37. The number of hydrogen-bond acceptors (Lipinski definition) is 4. The van der Waals surface area contributed by atoms with Crippen LogP contribution in [0.5, 0.6) is 0 Å². The Morgan fingerprint density at radius 3 is 2.80 bits per heavy atom. The van der Waals surface area contributed by atoms with E-state index >= 15 is 0 Å². The van der Waals surface area contributed by atoms with Gasteiger partial charge in [0.25, 0.3) is 0 Å². The van der Waals surface area contributed by atoms with Gasteiger partial charge in [0.15, 0.2) is 0 Å². The van der Waals surface area contributed by atoms with Gasteiger partial charge in [0.1, 0.15) is 17.5 Å². The number of aromatic nitrogens is 2. The summed E-state index contributed by atoms with van der Waals surface area (Å²) in [6.45, 7) is 10.4. The van der Waals surface area contributed by atoms with Gasteiger partial charge in [-0.25, -0.2) is 4.98 Å². The fourth-order valence-electron chi connectivity index (χ4n) is 2.61. The number of aryl methyl sites for hydroxylation is 1. The Labute approximate surface area is 120 Å². The first kappa shape index (κ1) is 15.0. The molecule has 0 N–H and O–H groups in total. The number of likely N-dealkylation sites (tertiary alicyclic amines) is 1. The lowest BCUT2D eigenvalue weighted by molar-refractivity contribution is -0.160. The summed E-state index contributed by atoms with van der Waals surface area (Å²) in [5, 5.41) is 0. The number of carbonyl (C=O) groups is 1. The van der Waals surface area contributed by atoms with Gasteiger partial charge in [-0.3, -0.25) is 9.69 Å². The summed E-state index contributed by atoms with van der Waals surface area (Å²) in [6.07, 6.45) is 5.75. The van der Waals surface area contributed by atoms with E-state index in [4.69, 9.17) is 4.74 Å². The van der Waals surface area contributed by atoms with E-state index in [9.17, 15) is 4.79 Å². The third-order valence-electron chi connectivity index (χ3n) is 3.59. The molecule has 1 aromatic heterocycles. The maximum Gasteiger partial charge on any atom is 0.323 e. The van der Waals surface area contributed by atoms with E-state index in [0.29, 0.717) is 0 Å². The van der Waals surface area contributed by atoms with E-state index in [-0.39, 0.29) is 12.0 Å². The van der Waals surface area contributed by atoms with Gasteiger partial charge in [-0.05, 0) is 47.1 Å². The molecule has 0 saturated carbocycles. The fourth-order valence-corrected chi connectivity index (χ4v) is 2.61. The molecular weight excluding hydrogens is 254 g/mol. The van der Waals surface area contributed by atoms with Gasteiger partial charge in [0.2, 0.25) is 0 Å². The first-order valence-electron chi connectivity index (χ1n) is 7.31. The zero-order valence-electron chi connectivity index (χ0n) is 12.9. The molecule has 0 amide bonds. The molecule has 1 fully saturated rings. The molecule has 0 aromatic carbocycles. The normalized spacial score (nSPS) is 20.3. The Morgan fingerprint density at radius 1 is 1.45 bits per heavy atom. The Balaban J connectivity index is 1.91. The summed E-state index contributed by atoms with van der Waals surface area (Å²) in [7, 11) is 0. The minimum Gasteiger partial charge on any atom is -0.459 e. The molecule has 0 unspecified atom stereocenters. The average Bonchev–Trinajstić information content (AvgIpc) is 2.92. The standard InChI is InChI=1S/C15H25N3O2/c1-12-16-7-9-17(12)10-11-18-8-5-6-13(18)14(19)20-15(2,3)4/h7,9,13H,5-6,8,10-11H2,1-4H3/t13-/m0/s1. The van der Waals surface area contributed by atoms with Gasteiger partial charge < -0.3 is 9.30 Å². The average molecular weight is 279 g/mol. The van der Waals surface area contributed by atoms with Crippen LogP contribution in [0.2, 0.25) is 0 Å². The summed E-state index contributed by atoms with van der Waals surface area (Å²) >= 11 is 0. The predicted octanol–water partition coefficient (Wildman–Crippen LogP) is 2.00. The van der Waals surface area contributed by atoms with Crippen molar-refractivity contribution in [2.45, 2.75) is 58.7 Å². The minimum atomic E-state index is -0.410. The molecule has 1 aliphatic heterocycles. The van der Waals surface area contributed by atoms with Crippen molar-refractivity contribution in [3.05, 3.63) is 18.2 Å². The second kappa shape index (κ2) is 5.95. The zero-order valence-corrected chi connectivity index (χ0v) is 12.9. The summed E-state index contributed by atoms with van der Waals surface area (Å²) in [5.74, 6) is 0.926. The Morgan fingerprint density at radius 2 is 2.20 bits per heavy atom. The molecule has 1 saturated heterocycles. The maximum absolute atomic E-state index is 12.2. The van der Waals surface area contributed by atoms with Crippen LogP contribution in [0.15, 0.2) is 12.4 Å². The predicted molar refractivity (Wildman–Crippen MR) is 77.4 cm³/mol. The highest BCUT2D eigenvalue weighted by atomic mass is 16.6. The van der Waals surface area contributed by atoms with Crippen LogP contribution in [-0.2, 0) is 16.1 Å². The van der Waals surface area contributed by atoms with Gasteiger partial charge >= 0.3 is 5.97 Å². The largest absolute Gasteiger partial charge is 0.459 e. The van der Waals surface area contributed by atoms with E-state index in [2.05, 4.69) is 14.5 Å². The van der Waals surface area contributed by atoms with Crippen LogP contribution < -0.4 is 0 Å². The van der Waals surface area contributed by atoms with Crippen LogP contribution in [-0.4, -0.2) is 45.2 Å². The van der Waals surface area contributed by atoms with Crippen molar-refractivity contribution in [1.29, 1.82) is 0 Å². The van der Waals surface area contributed by atoms with Crippen LogP contribution in [0.3, 0.4) is 0 Å². The monoisotopic (exact) mass is 279 g/mol. The number of ether oxygens (including phenoxy) is 1. The topological polar surface area (TPSA) is 47.4 Å². The van der Waals surface area contributed by atoms with Crippen molar-refractivity contribution in [2.24, 2.45) is 0 Å². The molecule has 0 aliphatic carbocycles. The summed E-state index contributed by atoms with van der Waals surface area (Å²) in [4.78, 5) is 18.7. The van der Waals surface area contributed by atoms with E-state index < -0.39 is 5.60 Å². The van der Waals surface area contributed by atoms with Gasteiger partial charge in [-0.15, -0.1) is 0 Å². The maximum atomic E-state index is 12.2. The highest BCUT2D eigenvalue weighted by Crippen LogP contribution is 2.21. The first-order valence-corrected chi connectivity index (χ1v) is 7.31. The molecule has 20 heavy (non-hydrogen) atoms. The van der Waals surface area contributed by atoms with Crippen LogP contribution >= 0.6 is 0 Å². The lowest BCUT2D eigenvalue weighted by Crippen LogP contribution is -2.41. The molecule has 1 aliphatic rings. The second-order valence-corrected chi connectivity index (χ2v) is 6.40. The van der Waals surface area contributed by atoms with Crippen molar-refractivity contribution >= 4 is 5.97 Å². The summed E-state index contributed by atoms with van der Waals surface area (Å²) in [5.41, 5.74) is -0.410. The minimum absolute atomic E-state index is 0.0851. The molecule has 2 heterocycles. The SMILES string of the molecule is Cc1nccn1CCN1CCC[C@H]1C(=O)OC(C)(C)C. The number of hydrogen-bond donors (Lipinski definition) is 0. The molecule has 5 heteroatoms. The van der Waals surface area contributed by atoms with Gasteiger partial charge in [0.05, 0.1) is 0 Å². The van der Waals surface area contributed by atoms with Crippen molar-refractivity contribution in [3.63, 3.8) is 0 Å². The third kappa shape index (κ3) is 3.82. The van der Waals surface area contributed by atoms with Crippen molar-refractivity contribution in [2.75, 3.05) is 13.1 Å². The number of carbonyl (C=O) groups excluding carboxylic acids is 1. The van der Waals surface area contributed by atoms with Crippen molar-refractivity contribution < 1.29 is 9.53 Å². The van der Waals surface area contributed by atoms with E-state index in [1.165, 1.54) is 0 Å². The number of imidazole rings is 1. The van der Waals surface area contributed by atoms with E-state index in [0.717, 1.165) is 38.3 Å². The molecule has 0 spiro atoms. The molecule has 112 valence electrons. The molecule has 0 bridgehead atoms. The lowest BCUT2D eigenvalue weighted by atomic mass is 10.1. The quantitative estimate of drug-likeness (QED) is 0.791. The van der Waals surface area contributed by atoms with E-state index in [1.54, 1.807) is 0 Å². The number of nitrogens with zero attached hydrogens (tertiary/aromatic N) is 3. The van der Waals surface area contributed by atoms with E-state index in [1.807, 2.05) is 40.1 Å². The Kier molecular flexibility index (Phi) is 4.48. The molecule has 1 atom stereocenters. The number of esters is 1. The highest BCUT2D eigenvalue weighted by molar-refractivity contribution is 5.76. The summed E-state index contributed by atoms with van der Waals surface area (Å²) in [6, 6.07) is -0.0851. The van der Waals surface area contributed by atoms with Crippen LogP contribution in [0.4, 0.5) is 0 Å². The van der Waals surface area contributed by atoms with Crippen molar-refractivity contribution in [1.82, 2.24) is 14.5 Å². The Bertz CT molecular complexity index is 462. The molecule has 2 rings (SSSR count). The smallest absolute Gasteiger partial charge is 0.323 e. The highest BCUT2D eigenvalue weighted by Gasteiger charge is 2.33. The van der Waals surface area contributed by atoms with Crippen LogP contribution in [0, 0.1) is 6.92 Å². The number of rotatable bonds is 4. The molecular formula is C15H25N3O2. The molecule has 5 nitrogen and oxygen atoms in total. The van der Waals surface area contributed by atoms with Crippen molar-refractivity contribution in [3.8, 4) is 0 Å². The molecule has 1 aromatic rings. The van der Waals surface area contributed by atoms with Gasteiger partial charge in [-0.1, -0.05) is 0 Å². The Hall–Kier alpha value is -1.36. The molecule has 0 radical (unpaired) electrons. The van der Waals surface area contributed by atoms with Gasteiger partial charge in [0, 0.05) is 25.5 Å².